The van der Waals surface area contributed by atoms with Crippen LogP contribution in [0.1, 0.15) is 17.5 Å². The number of anilines is 1. The van der Waals surface area contributed by atoms with Gasteiger partial charge in [-0.25, -0.2) is 24.3 Å². The van der Waals surface area contributed by atoms with Crippen LogP contribution in [0.15, 0.2) is 41.3 Å². The number of rotatable bonds is 4. The lowest BCUT2D eigenvalue weighted by molar-refractivity contribution is 0.0390. The molecular formula is C24H22ClFN6O3. The van der Waals surface area contributed by atoms with Gasteiger partial charge in [0.05, 0.1) is 20.3 Å². The topological polar surface area (TPSA) is 95.3 Å². The van der Waals surface area contributed by atoms with E-state index in [9.17, 15) is 9.18 Å². The van der Waals surface area contributed by atoms with E-state index < -0.39 is 5.82 Å². The summed E-state index contributed by atoms with van der Waals surface area (Å²) in [6.45, 7) is 3.02. The standard InChI is InChI=1S/C24H22ClFN6O3/c1-13-28-21-20(16-5-4-15(25)11-17(16)26)29-24(30-22(21)23(33)31(13)2)32-8-9-35-18(12-32)14-6-7-27-19(10-14)34-3/h4-7,10-11,18H,8-9,12H2,1-3H3. The van der Waals surface area contributed by atoms with Crippen LogP contribution < -0.4 is 15.2 Å². The van der Waals surface area contributed by atoms with Crippen LogP contribution >= 0.6 is 11.6 Å². The highest BCUT2D eigenvalue weighted by molar-refractivity contribution is 6.30. The summed E-state index contributed by atoms with van der Waals surface area (Å²) in [5.41, 5.74) is 1.32. The summed E-state index contributed by atoms with van der Waals surface area (Å²) < 4.78 is 27.6. The number of methoxy groups -OCH3 is 1. The summed E-state index contributed by atoms with van der Waals surface area (Å²) in [6.07, 6.45) is 1.36. The number of pyridine rings is 1. The van der Waals surface area contributed by atoms with Gasteiger partial charge in [0.2, 0.25) is 11.8 Å². The smallest absolute Gasteiger partial charge is 0.279 e. The third-order valence-corrected chi connectivity index (χ3v) is 6.25. The molecule has 9 nitrogen and oxygen atoms in total. The monoisotopic (exact) mass is 496 g/mol. The van der Waals surface area contributed by atoms with Crippen molar-refractivity contribution >= 4 is 28.6 Å². The molecule has 4 heterocycles. The van der Waals surface area contributed by atoms with E-state index >= 15 is 0 Å². The summed E-state index contributed by atoms with van der Waals surface area (Å²) in [4.78, 5) is 33.0. The van der Waals surface area contributed by atoms with Gasteiger partial charge in [0.15, 0.2) is 5.52 Å². The average molecular weight is 497 g/mol. The van der Waals surface area contributed by atoms with E-state index in [1.54, 1.807) is 33.3 Å². The number of fused-ring (bicyclic) bond motifs is 1. The van der Waals surface area contributed by atoms with E-state index in [4.69, 9.17) is 21.1 Å². The van der Waals surface area contributed by atoms with Gasteiger partial charge in [0, 0.05) is 36.4 Å². The summed E-state index contributed by atoms with van der Waals surface area (Å²) in [7, 11) is 3.17. The fourth-order valence-electron chi connectivity index (χ4n) is 4.02. The first-order valence-corrected chi connectivity index (χ1v) is 11.3. The van der Waals surface area contributed by atoms with Gasteiger partial charge >= 0.3 is 0 Å². The number of morpholine rings is 1. The number of nitrogens with zero attached hydrogens (tertiary/aromatic N) is 6. The number of hydrogen-bond acceptors (Lipinski definition) is 8. The number of ether oxygens (including phenoxy) is 2. The van der Waals surface area contributed by atoms with E-state index in [0.717, 1.165) is 5.56 Å². The number of halogens is 2. The fraction of sp³-hybridized carbons (Fsp3) is 0.292. The maximum atomic E-state index is 15.0. The highest BCUT2D eigenvalue weighted by Crippen LogP contribution is 2.31. The molecule has 3 aromatic heterocycles. The molecule has 0 saturated carbocycles. The van der Waals surface area contributed by atoms with Crippen LogP contribution in [0.3, 0.4) is 0 Å². The molecule has 1 unspecified atom stereocenters. The lowest BCUT2D eigenvalue weighted by atomic mass is 10.1. The fourth-order valence-corrected chi connectivity index (χ4v) is 4.18. The zero-order chi connectivity index (χ0) is 24.7. The third-order valence-electron chi connectivity index (χ3n) is 6.01. The zero-order valence-corrected chi connectivity index (χ0v) is 20.1. The highest BCUT2D eigenvalue weighted by atomic mass is 35.5. The third kappa shape index (κ3) is 4.30. The predicted octanol–water partition coefficient (Wildman–Crippen LogP) is 3.47. The number of aromatic nitrogens is 5. The van der Waals surface area contributed by atoms with E-state index in [-0.39, 0.29) is 39.0 Å². The van der Waals surface area contributed by atoms with Gasteiger partial charge in [0.25, 0.3) is 5.56 Å². The van der Waals surface area contributed by atoms with Crippen LogP contribution in [-0.2, 0) is 11.8 Å². The Hall–Kier alpha value is -3.63. The molecule has 11 heteroatoms. The average Bonchev–Trinajstić information content (AvgIpc) is 2.87. The van der Waals surface area contributed by atoms with Crippen molar-refractivity contribution in [3.63, 3.8) is 0 Å². The minimum absolute atomic E-state index is 0.112. The van der Waals surface area contributed by atoms with Crippen molar-refractivity contribution in [2.24, 2.45) is 7.05 Å². The Bertz CT molecular complexity index is 1490. The van der Waals surface area contributed by atoms with Crippen molar-refractivity contribution in [2.45, 2.75) is 13.0 Å². The Kier molecular flexibility index (Phi) is 6.08. The Balaban J connectivity index is 1.64. The molecule has 1 saturated heterocycles. The van der Waals surface area contributed by atoms with Gasteiger partial charge in [-0.3, -0.25) is 9.36 Å². The molecule has 0 bridgehead atoms. The first-order valence-electron chi connectivity index (χ1n) is 10.9. The van der Waals surface area contributed by atoms with Crippen molar-refractivity contribution in [2.75, 3.05) is 31.7 Å². The number of benzene rings is 1. The molecule has 0 N–H and O–H groups in total. The lowest BCUT2D eigenvalue weighted by Gasteiger charge is -2.33. The second-order valence-electron chi connectivity index (χ2n) is 8.15. The largest absolute Gasteiger partial charge is 0.481 e. The maximum Gasteiger partial charge on any atom is 0.279 e. The minimum atomic E-state index is -0.563. The van der Waals surface area contributed by atoms with Crippen LogP contribution in [0, 0.1) is 12.7 Å². The van der Waals surface area contributed by atoms with Crippen molar-refractivity contribution in [3.05, 3.63) is 69.1 Å². The Morgan fingerprint density at radius 2 is 2.00 bits per heavy atom. The second kappa shape index (κ2) is 9.20. The van der Waals surface area contributed by atoms with Crippen LogP contribution in [0.2, 0.25) is 5.02 Å². The summed E-state index contributed by atoms with van der Waals surface area (Å²) in [6, 6.07) is 7.98. The van der Waals surface area contributed by atoms with Crippen molar-refractivity contribution in [1.82, 2.24) is 24.5 Å². The van der Waals surface area contributed by atoms with Crippen molar-refractivity contribution in [1.29, 1.82) is 0 Å². The summed E-state index contributed by atoms with van der Waals surface area (Å²) in [5.74, 6) is 0.675. The summed E-state index contributed by atoms with van der Waals surface area (Å²) in [5, 5.41) is 0.258. The first-order chi connectivity index (χ1) is 16.9. The van der Waals surface area contributed by atoms with Crippen molar-refractivity contribution in [3.8, 4) is 17.1 Å². The van der Waals surface area contributed by atoms with Gasteiger partial charge in [-0.1, -0.05) is 11.6 Å². The molecule has 35 heavy (non-hydrogen) atoms. The Labute approximate surface area is 205 Å². The van der Waals surface area contributed by atoms with Crippen LogP contribution in [-0.4, -0.2) is 51.3 Å². The quantitative estimate of drug-likeness (QED) is 0.424. The molecule has 1 aliphatic rings. The molecule has 1 fully saturated rings. The van der Waals surface area contributed by atoms with E-state index in [1.807, 2.05) is 17.0 Å². The molecular weight excluding hydrogens is 475 g/mol. The first kappa shape index (κ1) is 23.1. The molecule has 0 radical (unpaired) electrons. The molecule has 0 aliphatic carbocycles. The molecule has 1 aliphatic heterocycles. The predicted molar refractivity (Wildman–Crippen MR) is 129 cm³/mol. The molecule has 1 atom stereocenters. The number of aryl methyl sites for hydroxylation is 1. The molecule has 4 aromatic rings. The molecule has 1 aromatic carbocycles. The van der Waals surface area contributed by atoms with E-state index in [1.165, 1.54) is 16.7 Å². The van der Waals surface area contributed by atoms with E-state index in [0.29, 0.717) is 37.3 Å². The summed E-state index contributed by atoms with van der Waals surface area (Å²) >= 11 is 5.97. The normalized spacial score (nSPS) is 16.0. The lowest BCUT2D eigenvalue weighted by Crippen LogP contribution is -2.39. The Morgan fingerprint density at radius 3 is 2.77 bits per heavy atom. The van der Waals surface area contributed by atoms with Gasteiger partial charge in [-0.15, -0.1) is 0 Å². The number of hydrogen-bond donors (Lipinski definition) is 0. The van der Waals surface area contributed by atoms with E-state index in [2.05, 4.69) is 19.9 Å². The van der Waals surface area contributed by atoms with Crippen LogP contribution in [0.4, 0.5) is 10.3 Å². The van der Waals surface area contributed by atoms with Gasteiger partial charge < -0.3 is 14.4 Å². The highest BCUT2D eigenvalue weighted by Gasteiger charge is 2.27. The van der Waals surface area contributed by atoms with Gasteiger partial charge in [-0.2, -0.15) is 0 Å². The van der Waals surface area contributed by atoms with Crippen LogP contribution in [0.25, 0.3) is 22.3 Å². The van der Waals surface area contributed by atoms with Crippen LogP contribution in [0.5, 0.6) is 5.88 Å². The molecule has 0 amide bonds. The molecule has 0 spiro atoms. The maximum absolute atomic E-state index is 15.0. The Morgan fingerprint density at radius 1 is 1.17 bits per heavy atom. The molecule has 5 rings (SSSR count). The van der Waals surface area contributed by atoms with Gasteiger partial charge in [-0.05, 0) is 36.8 Å². The molecule has 180 valence electrons. The SMILES string of the molecule is COc1cc(C2CN(c3nc(-c4ccc(Cl)cc4F)c4nc(C)n(C)c(=O)c4n3)CCO2)ccn1. The zero-order valence-electron chi connectivity index (χ0n) is 19.3. The second-order valence-corrected chi connectivity index (χ2v) is 8.59. The minimum Gasteiger partial charge on any atom is -0.481 e. The van der Waals surface area contributed by atoms with Gasteiger partial charge in [0.1, 0.15) is 29.0 Å². The van der Waals surface area contributed by atoms with Crippen molar-refractivity contribution < 1.29 is 13.9 Å².